The second-order valence-electron chi connectivity index (χ2n) is 11.5. The van der Waals surface area contributed by atoms with Crippen LogP contribution in [-0.2, 0) is 10.8 Å². The molecule has 0 bridgehead atoms. The molecule has 4 nitrogen and oxygen atoms in total. The van der Waals surface area contributed by atoms with Crippen LogP contribution < -0.4 is 9.47 Å². The third-order valence-corrected chi connectivity index (χ3v) is 6.35. The van der Waals surface area contributed by atoms with Crippen LogP contribution in [0.15, 0.2) is 97.1 Å². The summed E-state index contributed by atoms with van der Waals surface area (Å²) in [4.78, 5) is 25.6. The van der Waals surface area contributed by atoms with E-state index in [0.717, 1.165) is 0 Å². The third-order valence-electron chi connectivity index (χ3n) is 6.35. The number of hydrogen-bond donors (Lipinski definition) is 0. The van der Waals surface area contributed by atoms with E-state index in [4.69, 9.17) is 9.47 Å². The van der Waals surface area contributed by atoms with Crippen molar-refractivity contribution in [2.45, 2.75) is 52.4 Å². The van der Waals surface area contributed by atoms with E-state index in [9.17, 15) is 9.59 Å². The number of hydrogen-bond acceptors (Lipinski definition) is 4. The molecule has 194 valence electrons. The van der Waals surface area contributed by atoms with Crippen molar-refractivity contribution in [1.29, 1.82) is 0 Å². The summed E-state index contributed by atoms with van der Waals surface area (Å²) < 4.78 is 11.8. The van der Waals surface area contributed by atoms with E-state index in [0.29, 0.717) is 34.1 Å². The minimum Gasteiger partial charge on any atom is -0.457 e. The molecule has 38 heavy (non-hydrogen) atoms. The van der Waals surface area contributed by atoms with Gasteiger partial charge in [0.1, 0.15) is 23.0 Å². The van der Waals surface area contributed by atoms with Gasteiger partial charge in [-0.1, -0.05) is 65.8 Å². The fraction of sp³-hybridized carbons (Fsp3) is 0.235. The molecular weight excluding hydrogens is 472 g/mol. The Morgan fingerprint density at radius 2 is 0.658 bits per heavy atom. The van der Waals surface area contributed by atoms with Gasteiger partial charge in [-0.3, -0.25) is 9.59 Å². The molecule has 4 heteroatoms. The van der Waals surface area contributed by atoms with E-state index in [1.54, 1.807) is 48.5 Å². The predicted octanol–water partition coefficient (Wildman–Crippen LogP) is 8.93. The maximum atomic E-state index is 12.8. The van der Waals surface area contributed by atoms with Gasteiger partial charge in [0.2, 0.25) is 11.6 Å². The van der Waals surface area contributed by atoms with E-state index in [2.05, 4.69) is 41.5 Å². The summed E-state index contributed by atoms with van der Waals surface area (Å²) in [6.45, 7) is 13.0. The zero-order valence-corrected chi connectivity index (χ0v) is 22.9. The fourth-order valence-corrected chi connectivity index (χ4v) is 3.93. The summed E-state index contributed by atoms with van der Waals surface area (Å²) in [6.07, 6.45) is 0. The number of ketones is 2. The van der Waals surface area contributed by atoms with Crippen LogP contribution in [0.5, 0.6) is 23.0 Å². The lowest BCUT2D eigenvalue weighted by atomic mass is 9.87. The summed E-state index contributed by atoms with van der Waals surface area (Å²) in [5.74, 6) is 1.46. The maximum Gasteiger partial charge on any atom is 0.233 e. The van der Waals surface area contributed by atoms with Gasteiger partial charge < -0.3 is 9.47 Å². The van der Waals surface area contributed by atoms with Crippen LogP contribution in [-0.4, -0.2) is 11.6 Å². The number of carbonyl (C=O) groups excluding carboxylic acids is 2. The number of Topliss-reactive ketones (excluding diaryl/α,β-unsaturated/α-hetero) is 2. The maximum absolute atomic E-state index is 12.8. The molecule has 0 N–H and O–H groups in total. The number of rotatable bonds is 7. The number of ether oxygens (including phenoxy) is 2. The first-order chi connectivity index (χ1) is 17.9. The zero-order valence-electron chi connectivity index (χ0n) is 22.9. The molecule has 0 amide bonds. The van der Waals surface area contributed by atoms with Crippen LogP contribution in [0.2, 0.25) is 0 Å². The van der Waals surface area contributed by atoms with Gasteiger partial charge in [-0.2, -0.15) is 0 Å². The SMILES string of the molecule is CC(C)(C)c1ccc(Oc2ccc(C(=O)C(=O)c3ccc(Oc4ccc(C(C)(C)C)cc4)cc3)cc2)cc1. The van der Waals surface area contributed by atoms with E-state index >= 15 is 0 Å². The highest BCUT2D eigenvalue weighted by molar-refractivity contribution is 6.49. The molecule has 4 aromatic rings. The van der Waals surface area contributed by atoms with Crippen molar-refractivity contribution in [1.82, 2.24) is 0 Å². The lowest BCUT2D eigenvalue weighted by Gasteiger charge is -2.19. The first-order valence-electron chi connectivity index (χ1n) is 12.8. The van der Waals surface area contributed by atoms with Crippen LogP contribution in [0.3, 0.4) is 0 Å². The number of benzene rings is 4. The highest BCUT2D eigenvalue weighted by atomic mass is 16.5. The Labute approximate surface area is 225 Å². The van der Waals surface area contributed by atoms with E-state index in [1.807, 2.05) is 48.5 Å². The van der Waals surface area contributed by atoms with Crippen molar-refractivity contribution in [3.8, 4) is 23.0 Å². The van der Waals surface area contributed by atoms with Gasteiger partial charge >= 0.3 is 0 Å². The highest BCUT2D eigenvalue weighted by Gasteiger charge is 2.19. The van der Waals surface area contributed by atoms with Crippen LogP contribution in [0, 0.1) is 0 Å². The molecule has 0 atom stereocenters. The van der Waals surface area contributed by atoms with E-state index in [1.165, 1.54) is 11.1 Å². The molecule has 0 aromatic heterocycles. The minimum absolute atomic E-state index is 0.0682. The highest BCUT2D eigenvalue weighted by Crippen LogP contribution is 2.29. The molecule has 0 saturated carbocycles. The molecule has 0 aliphatic heterocycles. The molecular formula is C34H34O4. The van der Waals surface area contributed by atoms with Gasteiger partial charge in [0.05, 0.1) is 0 Å². The van der Waals surface area contributed by atoms with Gasteiger partial charge in [0.25, 0.3) is 0 Å². The first kappa shape index (κ1) is 26.9. The summed E-state index contributed by atoms with van der Waals surface area (Å²) in [5, 5.41) is 0. The van der Waals surface area contributed by atoms with Crippen molar-refractivity contribution in [3.05, 3.63) is 119 Å². The summed E-state index contributed by atoms with van der Waals surface area (Å²) in [5.41, 5.74) is 3.20. The molecule has 0 spiro atoms. The van der Waals surface area contributed by atoms with Crippen molar-refractivity contribution >= 4 is 11.6 Å². The van der Waals surface area contributed by atoms with E-state index in [-0.39, 0.29) is 10.8 Å². The minimum atomic E-state index is -0.572. The average molecular weight is 507 g/mol. The van der Waals surface area contributed by atoms with Gasteiger partial charge in [0, 0.05) is 11.1 Å². The monoisotopic (exact) mass is 506 g/mol. The van der Waals surface area contributed by atoms with Gasteiger partial charge in [0.15, 0.2) is 0 Å². The molecule has 0 heterocycles. The third kappa shape index (κ3) is 6.57. The quantitative estimate of drug-likeness (QED) is 0.185. The predicted molar refractivity (Wildman–Crippen MR) is 152 cm³/mol. The number of carbonyl (C=O) groups is 2. The Kier molecular flexibility index (Phi) is 7.54. The summed E-state index contributed by atoms with van der Waals surface area (Å²) >= 11 is 0. The van der Waals surface area contributed by atoms with Crippen LogP contribution in [0.4, 0.5) is 0 Å². The molecule has 4 rings (SSSR count). The van der Waals surface area contributed by atoms with Gasteiger partial charge in [-0.25, -0.2) is 0 Å². The molecule has 0 unspecified atom stereocenters. The normalized spacial score (nSPS) is 11.6. The molecule has 0 saturated heterocycles. The molecule has 0 fully saturated rings. The lowest BCUT2D eigenvalue weighted by Crippen LogP contribution is -2.14. The Morgan fingerprint density at radius 1 is 0.421 bits per heavy atom. The van der Waals surface area contributed by atoms with Crippen molar-refractivity contribution < 1.29 is 19.1 Å². The van der Waals surface area contributed by atoms with Crippen molar-refractivity contribution in [3.63, 3.8) is 0 Å². The smallest absolute Gasteiger partial charge is 0.233 e. The zero-order chi connectivity index (χ0) is 27.5. The Bertz CT molecular complexity index is 1290. The van der Waals surface area contributed by atoms with Gasteiger partial charge in [-0.15, -0.1) is 0 Å². The Morgan fingerprint density at radius 3 is 0.895 bits per heavy atom. The van der Waals surface area contributed by atoms with Crippen LogP contribution in [0.1, 0.15) is 73.4 Å². The topological polar surface area (TPSA) is 52.6 Å². The molecule has 0 radical (unpaired) electrons. The van der Waals surface area contributed by atoms with Crippen molar-refractivity contribution in [2.75, 3.05) is 0 Å². The standard InChI is InChI=1S/C34H34O4/c1-33(2,3)25-11-19-29(20-12-25)37-27-15-7-23(8-16-27)31(35)32(36)24-9-17-28(18-10-24)38-30-21-13-26(14-22-30)34(4,5)6/h7-22H,1-6H3. The van der Waals surface area contributed by atoms with E-state index < -0.39 is 11.6 Å². The Hall–Kier alpha value is -4.18. The first-order valence-corrected chi connectivity index (χ1v) is 12.8. The molecule has 0 aliphatic carbocycles. The van der Waals surface area contributed by atoms with Crippen LogP contribution >= 0.6 is 0 Å². The summed E-state index contributed by atoms with van der Waals surface area (Å²) in [6, 6.07) is 29.1. The van der Waals surface area contributed by atoms with Crippen molar-refractivity contribution in [2.24, 2.45) is 0 Å². The molecule has 4 aromatic carbocycles. The molecule has 0 aliphatic rings. The lowest BCUT2D eigenvalue weighted by molar-refractivity contribution is 0.0817. The fourth-order valence-electron chi connectivity index (χ4n) is 3.93. The van der Waals surface area contributed by atoms with Crippen LogP contribution in [0.25, 0.3) is 0 Å². The van der Waals surface area contributed by atoms with Gasteiger partial charge in [-0.05, 0) is 94.8 Å². The average Bonchev–Trinajstić information content (AvgIpc) is 2.88. The Balaban J connectivity index is 1.37. The second-order valence-corrected chi connectivity index (χ2v) is 11.5. The largest absolute Gasteiger partial charge is 0.457 e. The second kappa shape index (κ2) is 10.7. The summed E-state index contributed by atoms with van der Waals surface area (Å²) in [7, 11) is 0.